The second-order valence-corrected chi connectivity index (χ2v) is 2.07. The number of ketones is 1. The average molecular weight is 209 g/mol. The highest BCUT2D eigenvalue weighted by atomic mass is 19.4. The van der Waals surface area contributed by atoms with Crippen molar-refractivity contribution in [1.29, 1.82) is 0 Å². The van der Waals surface area contributed by atoms with Gasteiger partial charge in [-0.2, -0.15) is 13.2 Å². The van der Waals surface area contributed by atoms with Crippen molar-refractivity contribution in [2.24, 2.45) is 5.11 Å². The van der Waals surface area contributed by atoms with Gasteiger partial charge in [0, 0.05) is 11.0 Å². The molecule has 0 aromatic rings. The van der Waals surface area contributed by atoms with Crippen molar-refractivity contribution in [1.82, 2.24) is 0 Å². The summed E-state index contributed by atoms with van der Waals surface area (Å²) >= 11 is 0. The molecule has 0 aliphatic carbocycles. The highest BCUT2D eigenvalue weighted by Crippen LogP contribution is 2.17. The van der Waals surface area contributed by atoms with E-state index in [0.717, 1.165) is 7.11 Å². The van der Waals surface area contributed by atoms with Gasteiger partial charge in [0.05, 0.1) is 13.7 Å². The number of hydrogen-bond donors (Lipinski definition) is 0. The highest BCUT2D eigenvalue weighted by Gasteiger charge is 2.36. The predicted molar refractivity (Wildman–Crippen MR) is 40.2 cm³/mol. The molecule has 8 heteroatoms. The van der Waals surface area contributed by atoms with Gasteiger partial charge in [-0.3, -0.25) is 4.79 Å². The normalized spacial score (nSPS) is 11.9. The first-order valence-electron chi connectivity index (χ1n) is 3.28. The third-order valence-electron chi connectivity index (χ3n) is 1.12. The van der Waals surface area contributed by atoms with E-state index < -0.39 is 18.5 Å². The standard InChI is InChI=1S/C6H6F3N3O2/c1-14-4(3-11-12-10)2-5(13)6(7,8)9/h2H,3H2,1H3/b4-2+. The Bertz CT molecular complexity index is 291. The van der Waals surface area contributed by atoms with E-state index in [0.29, 0.717) is 0 Å². The van der Waals surface area contributed by atoms with Crippen LogP contribution in [0.15, 0.2) is 16.9 Å². The summed E-state index contributed by atoms with van der Waals surface area (Å²) in [6.07, 6.45) is -4.70. The van der Waals surface area contributed by atoms with Crippen molar-refractivity contribution in [2.45, 2.75) is 6.18 Å². The van der Waals surface area contributed by atoms with Gasteiger partial charge in [0.1, 0.15) is 5.76 Å². The van der Waals surface area contributed by atoms with E-state index in [1.165, 1.54) is 0 Å². The molecule has 0 bridgehead atoms. The van der Waals surface area contributed by atoms with Crippen molar-refractivity contribution in [3.63, 3.8) is 0 Å². The van der Waals surface area contributed by atoms with E-state index >= 15 is 0 Å². The smallest absolute Gasteiger partial charge is 0.454 e. The number of halogens is 3. The van der Waals surface area contributed by atoms with Crippen LogP contribution in [0.1, 0.15) is 0 Å². The molecule has 0 amide bonds. The maximum atomic E-state index is 11.7. The average Bonchev–Trinajstić information content (AvgIpc) is 2.10. The van der Waals surface area contributed by atoms with E-state index in [-0.39, 0.29) is 11.8 Å². The van der Waals surface area contributed by atoms with Crippen LogP contribution in [0.4, 0.5) is 13.2 Å². The lowest BCUT2D eigenvalue weighted by Gasteiger charge is -2.03. The first kappa shape index (κ1) is 12.3. The number of ether oxygens (including phenoxy) is 1. The summed E-state index contributed by atoms with van der Waals surface area (Å²) in [4.78, 5) is 12.7. The molecule has 0 atom stereocenters. The van der Waals surface area contributed by atoms with Crippen LogP contribution >= 0.6 is 0 Å². The van der Waals surface area contributed by atoms with E-state index in [9.17, 15) is 18.0 Å². The van der Waals surface area contributed by atoms with Crippen LogP contribution < -0.4 is 0 Å². The zero-order valence-electron chi connectivity index (χ0n) is 7.08. The van der Waals surface area contributed by atoms with Crippen LogP contribution in [-0.4, -0.2) is 25.6 Å². The van der Waals surface area contributed by atoms with Crippen molar-refractivity contribution in [2.75, 3.05) is 13.7 Å². The summed E-state index contributed by atoms with van der Waals surface area (Å²) in [7, 11) is 1.07. The number of methoxy groups -OCH3 is 1. The first-order chi connectivity index (χ1) is 6.41. The van der Waals surface area contributed by atoms with E-state index in [4.69, 9.17) is 5.53 Å². The fourth-order valence-corrected chi connectivity index (χ4v) is 0.498. The fraction of sp³-hybridized carbons (Fsp3) is 0.500. The van der Waals surface area contributed by atoms with E-state index in [2.05, 4.69) is 14.8 Å². The molecule has 0 spiro atoms. The number of rotatable bonds is 4. The summed E-state index contributed by atoms with van der Waals surface area (Å²) in [6, 6.07) is 0. The zero-order chi connectivity index (χ0) is 11.2. The number of allylic oxidation sites excluding steroid dienone is 1. The maximum Gasteiger partial charge on any atom is 0.454 e. The molecule has 78 valence electrons. The Hall–Kier alpha value is -1.69. The van der Waals surface area contributed by atoms with Crippen LogP contribution in [0.3, 0.4) is 0 Å². The van der Waals surface area contributed by atoms with Gasteiger partial charge in [-0.05, 0) is 5.53 Å². The maximum absolute atomic E-state index is 11.7. The Morgan fingerprint density at radius 3 is 2.57 bits per heavy atom. The monoisotopic (exact) mass is 209 g/mol. The lowest BCUT2D eigenvalue weighted by Crippen LogP contribution is -2.21. The lowest BCUT2D eigenvalue weighted by molar-refractivity contribution is -0.165. The molecule has 0 aromatic carbocycles. The summed E-state index contributed by atoms with van der Waals surface area (Å²) in [5.41, 5.74) is 7.87. The van der Waals surface area contributed by atoms with Gasteiger partial charge in [0.25, 0.3) is 5.78 Å². The van der Waals surface area contributed by atoms with Crippen LogP contribution in [0, 0.1) is 0 Å². The Labute approximate surface area is 76.8 Å². The van der Waals surface area contributed by atoms with Gasteiger partial charge in [-0.15, -0.1) is 0 Å². The number of carbonyl (C=O) groups excluding carboxylic acids is 1. The molecule has 0 saturated heterocycles. The Morgan fingerprint density at radius 2 is 2.21 bits per heavy atom. The molecule has 0 aliphatic heterocycles. The number of nitrogens with zero attached hydrogens (tertiary/aromatic N) is 3. The minimum atomic E-state index is -4.94. The molecule has 0 aliphatic rings. The summed E-state index contributed by atoms with van der Waals surface area (Å²) in [5.74, 6) is -2.40. The van der Waals surface area contributed by atoms with E-state index in [1.54, 1.807) is 0 Å². The largest absolute Gasteiger partial charge is 0.501 e. The molecule has 0 N–H and O–H groups in total. The molecular weight excluding hydrogens is 203 g/mol. The van der Waals surface area contributed by atoms with Gasteiger partial charge < -0.3 is 4.74 Å². The minimum Gasteiger partial charge on any atom is -0.501 e. The molecule has 0 unspecified atom stereocenters. The van der Waals surface area contributed by atoms with Crippen molar-refractivity contribution >= 4 is 5.78 Å². The summed E-state index contributed by atoms with van der Waals surface area (Å²) in [5, 5.41) is 2.95. The first-order valence-corrected chi connectivity index (χ1v) is 3.28. The number of azide groups is 1. The quantitative estimate of drug-likeness (QED) is 0.233. The van der Waals surface area contributed by atoms with Gasteiger partial charge in [0.2, 0.25) is 0 Å². The molecule has 0 fully saturated rings. The molecule has 0 heterocycles. The fourth-order valence-electron chi connectivity index (χ4n) is 0.498. The van der Waals surface area contributed by atoms with Gasteiger partial charge in [0.15, 0.2) is 0 Å². The van der Waals surface area contributed by atoms with Crippen LogP contribution in [0.2, 0.25) is 0 Å². The predicted octanol–water partition coefficient (Wildman–Crippen LogP) is 1.96. The van der Waals surface area contributed by atoms with Crippen LogP contribution in [0.25, 0.3) is 10.4 Å². The van der Waals surface area contributed by atoms with Crippen LogP contribution in [-0.2, 0) is 9.53 Å². The minimum absolute atomic E-state index is 0.245. The SMILES string of the molecule is CO/C(=C/C(=O)C(F)(F)F)CN=[N+]=[N-]. The number of hydrogen-bond acceptors (Lipinski definition) is 3. The van der Waals surface area contributed by atoms with Crippen molar-refractivity contribution in [3.05, 3.63) is 22.3 Å². The van der Waals surface area contributed by atoms with Gasteiger partial charge >= 0.3 is 6.18 Å². The van der Waals surface area contributed by atoms with Gasteiger partial charge in [-0.1, -0.05) is 5.11 Å². The highest BCUT2D eigenvalue weighted by molar-refractivity contribution is 5.94. The topological polar surface area (TPSA) is 75.1 Å². The second kappa shape index (κ2) is 5.13. The molecule has 0 rings (SSSR count). The Balaban J connectivity index is 4.59. The number of carbonyl (C=O) groups is 1. The summed E-state index contributed by atoms with van der Waals surface area (Å²) in [6.45, 7) is -0.436. The molecular formula is C6H6F3N3O2. The second-order valence-electron chi connectivity index (χ2n) is 2.07. The van der Waals surface area contributed by atoms with E-state index in [1.807, 2.05) is 0 Å². The third-order valence-corrected chi connectivity index (χ3v) is 1.12. The third kappa shape index (κ3) is 4.36. The molecule has 0 saturated carbocycles. The molecule has 0 aromatic heterocycles. The molecule has 5 nitrogen and oxygen atoms in total. The molecule has 0 radical (unpaired) electrons. The number of alkyl halides is 3. The zero-order valence-corrected chi connectivity index (χ0v) is 7.08. The lowest BCUT2D eigenvalue weighted by atomic mass is 10.3. The van der Waals surface area contributed by atoms with Crippen molar-refractivity contribution in [3.8, 4) is 0 Å². The van der Waals surface area contributed by atoms with Crippen LogP contribution in [0.5, 0.6) is 0 Å². The molecule has 14 heavy (non-hydrogen) atoms. The Kier molecular flexibility index (Phi) is 4.51. The van der Waals surface area contributed by atoms with Crippen molar-refractivity contribution < 1.29 is 22.7 Å². The van der Waals surface area contributed by atoms with Gasteiger partial charge in [-0.25, -0.2) is 0 Å². The summed E-state index contributed by atoms with van der Waals surface area (Å²) < 4.78 is 39.5. The Morgan fingerprint density at radius 1 is 1.64 bits per heavy atom.